The summed E-state index contributed by atoms with van der Waals surface area (Å²) in [6.07, 6.45) is -5.20. The van der Waals surface area contributed by atoms with E-state index in [1.54, 1.807) is 60.7 Å². The Morgan fingerprint density at radius 1 is 0.906 bits per heavy atom. The normalized spacial score (nSPS) is 18.4. The van der Waals surface area contributed by atoms with Gasteiger partial charge >= 0.3 is 12.1 Å². The van der Waals surface area contributed by atoms with Crippen LogP contribution >= 0.6 is 0 Å². The summed E-state index contributed by atoms with van der Waals surface area (Å²) in [7, 11) is 0. The summed E-state index contributed by atoms with van der Waals surface area (Å²) in [4.78, 5) is 21.3. The first-order valence-electron chi connectivity index (χ1n) is 9.82. The fourth-order valence-electron chi connectivity index (χ4n) is 3.66. The number of nitrogens with zero attached hydrogens (tertiary/aromatic N) is 2. The van der Waals surface area contributed by atoms with E-state index in [9.17, 15) is 22.4 Å². The fourth-order valence-corrected chi connectivity index (χ4v) is 3.66. The largest absolute Gasteiger partial charge is 0.493 e. The third-order valence-electron chi connectivity index (χ3n) is 5.04. The third kappa shape index (κ3) is 4.64. The van der Waals surface area contributed by atoms with Crippen molar-refractivity contribution in [1.82, 2.24) is 5.06 Å². The zero-order valence-corrected chi connectivity index (χ0v) is 16.7. The first-order chi connectivity index (χ1) is 15.3. The summed E-state index contributed by atoms with van der Waals surface area (Å²) in [6, 6.07) is 21.9. The Bertz CT molecular complexity index is 1120. The number of rotatable bonds is 5. The number of halogens is 4. The molecular weight excluding hydrogens is 424 g/mol. The minimum atomic E-state index is -5.18. The monoisotopic (exact) mass is 442 g/mol. The highest BCUT2D eigenvalue weighted by molar-refractivity contribution is 5.88. The molecule has 2 atom stereocenters. The average Bonchev–Trinajstić information content (AvgIpc) is 3.12. The van der Waals surface area contributed by atoms with Crippen molar-refractivity contribution in [3.05, 3.63) is 107 Å². The van der Waals surface area contributed by atoms with E-state index in [1.807, 2.05) is 6.07 Å². The molecule has 0 saturated carbocycles. The first kappa shape index (κ1) is 21.5. The molecule has 0 aromatic heterocycles. The maximum absolute atomic E-state index is 13.7. The smallest absolute Gasteiger partial charge is 0.330 e. The predicted octanol–water partition coefficient (Wildman–Crippen LogP) is 5.59. The average molecular weight is 442 g/mol. The molecule has 32 heavy (non-hydrogen) atoms. The van der Waals surface area contributed by atoms with Crippen molar-refractivity contribution in [1.29, 1.82) is 0 Å². The lowest BCUT2D eigenvalue weighted by molar-refractivity contribution is -0.230. The Hall–Kier alpha value is -3.68. The quantitative estimate of drug-likeness (QED) is 0.484. The standard InChI is InChI=1S/C24H18F4N2O2/c25-19-13-7-8-16(14-19)15-20-29-21(17-9-3-1-4-10-17)22(18-11-5-2-6-12-18)30(20)32-23(31)24(26,27)28/h1-14,21-22H,15H2. The van der Waals surface area contributed by atoms with E-state index in [-0.39, 0.29) is 12.3 Å². The Labute approximate surface area is 181 Å². The summed E-state index contributed by atoms with van der Waals surface area (Å²) in [5.41, 5.74) is 1.84. The molecule has 1 heterocycles. The van der Waals surface area contributed by atoms with E-state index >= 15 is 0 Å². The van der Waals surface area contributed by atoms with Gasteiger partial charge in [0.25, 0.3) is 0 Å². The number of benzene rings is 3. The Kier molecular flexibility index (Phi) is 5.94. The number of aliphatic imine (C=N–C) groups is 1. The van der Waals surface area contributed by atoms with Crippen LogP contribution in [0.15, 0.2) is 89.9 Å². The highest BCUT2D eigenvalue weighted by Crippen LogP contribution is 2.43. The molecule has 0 saturated heterocycles. The van der Waals surface area contributed by atoms with Crippen LogP contribution < -0.4 is 0 Å². The SMILES string of the molecule is O=C(ON1C(Cc2cccc(F)c2)=NC(c2ccccc2)C1c1ccccc1)C(F)(F)F. The molecule has 3 aromatic carbocycles. The van der Waals surface area contributed by atoms with Gasteiger partial charge in [-0.3, -0.25) is 4.99 Å². The Morgan fingerprint density at radius 3 is 2.12 bits per heavy atom. The third-order valence-corrected chi connectivity index (χ3v) is 5.04. The van der Waals surface area contributed by atoms with E-state index in [4.69, 9.17) is 4.84 Å². The molecule has 0 fully saturated rings. The highest BCUT2D eigenvalue weighted by Gasteiger charge is 2.47. The van der Waals surface area contributed by atoms with Gasteiger partial charge in [-0.1, -0.05) is 72.8 Å². The van der Waals surface area contributed by atoms with Crippen LogP contribution in [0.2, 0.25) is 0 Å². The molecule has 1 aliphatic heterocycles. The molecule has 8 heteroatoms. The molecule has 2 unspecified atom stereocenters. The van der Waals surface area contributed by atoms with Gasteiger partial charge < -0.3 is 4.84 Å². The molecule has 1 aliphatic rings. The van der Waals surface area contributed by atoms with E-state index in [1.165, 1.54) is 18.2 Å². The molecule has 4 nitrogen and oxygen atoms in total. The molecule has 0 radical (unpaired) electrons. The molecule has 164 valence electrons. The molecular formula is C24H18F4N2O2. The summed E-state index contributed by atoms with van der Waals surface area (Å²) >= 11 is 0. The fraction of sp³-hybridized carbons (Fsp3) is 0.167. The summed E-state index contributed by atoms with van der Waals surface area (Å²) in [5, 5.41) is 0.910. The lowest BCUT2D eigenvalue weighted by Crippen LogP contribution is -2.39. The van der Waals surface area contributed by atoms with Gasteiger partial charge in [0.15, 0.2) is 0 Å². The molecule has 0 N–H and O–H groups in total. The van der Waals surface area contributed by atoms with E-state index in [0.717, 1.165) is 10.6 Å². The zero-order chi connectivity index (χ0) is 22.7. The number of amidine groups is 1. The molecule has 0 spiro atoms. The molecule has 3 aromatic rings. The second-order valence-electron chi connectivity index (χ2n) is 7.27. The number of carbonyl (C=O) groups is 1. The zero-order valence-electron chi connectivity index (χ0n) is 16.7. The number of hydrogen-bond donors (Lipinski definition) is 0. The van der Waals surface area contributed by atoms with Crippen LogP contribution in [0.4, 0.5) is 17.6 Å². The van der Waals surface area contributed by atoms with E-state index in [2.05, 4.69) is 4.99 Å². The second-order valence-corrected chi connectivity index (χ2v) is 7.27. The van der Waals surface area contributed by atoms with Gasteiger partial charge in [0, 0.05) is 6.42 Å². The van der Waals surface area contributed by atoms with Crippen molar-refractivity contribution in [2.45, 2.75) is 24.7 Å². The lowest BCUT2D eigenvalue weighted by atomic mass is 9.94. The minimum absolute atomic E-state index is 0.0183. The first-order valence-corrected chi connectivity index (χ1v) is 9.82. The number of alkyl halides is 3. The van der Waals surface area contributed by atoms with Crippen molar-refractivity contribution in [2.24, 2.45) is 4.99 Å². The van der Waals surface area contributed by atoms with Crippen LogP contribution in [0, 0.1) is 5.82 Å². The Balaban J connectivity index is 1.79. The number of hydroxylamine groups is 2. The topological polar surface area (TPSA) is 41.9 Å². The minimum Gasteiger partial charge on any atom is -0.330 e. The molecule has 4 rings (SSSR count). The summed E-state index contributed by atoms with van der Waals surface area (Å²) < 4.78 is 52.9. The molecule has 0 bridgehead atoms. The van der Waals surface area contributed by atoms with E-state index < -0.39 is 30.0 Å². The maximum atomic E-state index is 13.7. The van der Waals surface area contributed by atoms with Crippen molar-refractivity contribution < 1.29 is 27.2 Å². The van der Waals surface area contributed by atoms with Crippen LogP contribution in [-0.2, 0) is 16.1 Å². The van der Waals surface area contributed by atoms with Gasteiger partial charge in [0.1, 0.15) is 23.7 Å². The molecule has 0 amide bonds. The van der Waals surface area contributed by atoms with Gasteiger partial charge in [0.2, 0.25) is 0 Å². The second kappa shape index (κ2) is 8.82. The van der Waals surface area contributed by atoms with Crippen LogP contribution in [0.25, 0.3) is 0 Å². The predicted molar refractivity (Wildman–Crippen MR) is 110 cm³/mol. The van der Waals surface area contributed by atoms with Gasteiger partial charge in [-0.15, -0.1) is 0 Å². The van der Waals surface area contributed by atoms with Crippen molar-refractivity contribution in [3.63, 3.8) is 0 Å². The van der Waals surface area contributed by atoms with Crippen molar-refractivity contribution in [3.8, 4) is 0 Å². The van der Waals surface area contributed by atoms with Gasteiger partial charge in [0.05, 0.1) is 0 Å². The van der Waals surface area contributed by atoms with Gasteiger partial charge in [-0.05, 0) is 28.8 Å². The van der Waals surface area contributed by atoms with Crippen LogP contribution in [0.3, 0.4) is 0 Å². The molecule has 0 aliphatic carbocycles. The highest BCUT2D eigenvalue weighted by atomic mass is 19.4. The number of hydrogen-bond acceptors (Lipinski definition) is 4. The van der Waals surface area contributed by atoms with Crippen LogP contribution in [0.5, 0.6) is 0 Å². The summed E-state index contributed by atoms with van der Waals surface area (Å²) in [6.45, 7) is 0. The van der Waals surface area contributed by atoms with Gasteiger partial charge in [-0.2, -0.15) is 18.2 Å². The van der Waals surface area contributed by atoms with Crippen LogP contribution in [0.1, 0.15) is 28.8 Å². The van der Waals surface area contributed by atoms with Crippen molar-refractivity contribution in [2.75, 3.05) is 0 Å². The van der Waals surface area contributed by atoms with Crippen molar-refractivity contribution >= 4 is 11.8 Å². The lowest BCUT2D eigenvalue weighted by Gasteiger charge is -2.29. The Morgan fingerprint density at radius 2 is 1.53 bits per heavy atom. The number of carbonyl (C=O) groups excluding carboxylic acids is 1. The van der Waals surface area contributed by atoms with Gasteiger partial charge in [-0.25, -0.2) is 9.18 Å². The maximum Gasteiger partial charge on any atom is 0.493 e. The van der Waals surface area contributed by atoms with E-state index in [0.29, 0.717) is 11.1 Å². The summed E-state index contributed by atoms with van der Waals surface area (Å²) in [5.74, 6) is -2.74. The van der Waals surface area contributed by atoms with Crippen LogP contribution in [-0.4, -0.2) is 23.0 Å².